The van der Waals surface area contributed by atoms with Gasteiger partial charge in [-0.1, -0.05) is 18.2 Å². The van der Waals surface area contributed by atoms with Gasteiger partial charge in [-0.25, -0.2) is 17.5 Å². The van der Waals surface area contributed by atoms with Crippen molar-refractivity contribution in [2.24, 2.45) is 0 Å². The molecular formula is C18H18N2O6S. The lowest BCUT2D eigenvalue weighted by Gasteiger charge is -2.24. The molecule has 0 aliphatic carbocycles. The Morgan fingerprint density at radius 1 is 1.22 bits per heavy atom. The number of phenolic OH excluding ortho intramolecular Hbond substituents is 1. The van der Waals surface area contributed by atoms with E-state index in [1.807, 2.05) is 0 Å². The van der Waals surface area contributed by atoms with Crippen LogP contribution in [-0.2, 0) is 26.0 Å². The third-order valence-corrected chi connectivity index (χ3v) is 6.00. The zero-order chi connectivity index (χ0) is 19.8. The number of anilines is 1. The van der Waals surface area contributed by atoms with Gasteiger partial charge < -0.3 is 15.2 Å². The fourth-order valence-electron chi connectivity index (χ4n) is 2.68. The molecule has 9 heteroatoms. The summed E-state index contributed by atoms with van der Waals surface area (Å²) in [6, 6.07) is 10.4. The number of benzene rings is 2. The number of esters is 1. The highest BCUT2D eigenvalue weighted by Gasteiger charge is 2.31. The number of fused-ring (bicyclic) bond motifs is 1. The number of carbonyl (C=O) groups is 2. The molecule has 0 saturated heterocycles. The third-order valence-electron chi connectivity index (χ3n) is 4.19. The third kappa shape index (κ3) is 3.64. The number of nitrogens with zero attached hydrogens (tertiary/aromatic N) is 1. The van der Waals surface area contributed by atoms with Crippen LogP contribution in [0, 0.1) is 0 Å². The van der Waals surface area contributed by atoms with Crippen molar-refractivity contribution >= 4 is 27.6 Å². The molecule has 2 aromatic carbocycles. The van der Waals surface area contributed by atoms with Gasteiger partial charge in [0.05, 0.1) is 16.1 Å². The van der Waals surface area contributed by atoms with Crippen molar-refractivity contribution in [3.63, 3.8) is 0 Å². The number of ether oxygens (including phenoxy) is 1. The van der Waals surface area contributed by atoms with E-state index in [-0.39, 0.29) is 22.8 Å². The van der Waals surface area contributed by atoms with Crippen LogP contribution in [0.4, 0.5) is 5.69 Å². The van der Waals surface area contributed by atoms with Crippen LogP contribution in [0.2, 0.25) is 0 Å². The second-order valence-corrected chi connectivity index (χ2v) is 8.36. The van der Waals surface area contributed by atoms with Crippen LogP contribution in [0.3, 0.4) is 0 Å². The molecule has 1 unspecified atom stereocenters. The molecule has 1 aliphatic heterocycles. The van der Waals surface area contributed by atoms with E-state index < -0.39 is 28.0 Å². The summed E-state index contributed by atoms with van der Waals surface area (Å²) in [5.41, 5.74) is 1.00. The number of amides is 1. The smallest absolute Gasteiger partial charge is 0.339 e. The number of nitrogens with one attached hydrogen (secondary N) is 1. The van der Waals surface area contributed by atoms with E-state index in [2.05, 4.69) is 5.32 Å². The Bertz CT molecular complexity index is 1020. The number of cyclic esters (lactones) is 1. The van der Waals surface area contributed by atoms with Crippen molar-refractivity contribution in [2.75, 3.05) is 19.4 Å². The molecule has 27 heavy (non-hydrogen) atoms. The van der Waals surface area contributed by atoms with E-state index in [0.29, 0.717) is 11.1 Å². The summed E-state index contributed by atoms with van der Waals surface area (Å²) < 4.78 is 30.6. The second kappa shape index (κ2) is 7.01. The van der Waals surface area contributed by atoms with Crippen LogP contribution in [0.15, 0.2) is 47.4 Å². The van der Waals surface area contributed by atoms with Gasteiger partial charge >= 0.3 is 5.97 Å². The average Bonchev–Trinajstić information content (AvgIpc) is 2.63. The molecule has 3 rings (SSSR count). The lowest BCUT2D eigenvalue weighted by molar-refractivity contribution is -0.125. The number of hydrogen-bond acceptors (Lipinski definition) is 6. The zero-order valence-corrected chi connectivity index (χ0v) is 15.5. The van der Waals surface area contributed by atoms with Crippen LogP contribution in [0.1, 0.15) is 15.9 Å². The molecular weight excluding hydrogens is 372 g/mol. The van der Waals surface area contributed by atoms with Crippen molar-refractivity contribution < 1.29 is 27.9 Å². The maximum Gasteiger partial charge on any atom is 0.339 e. The van der Waals surface area contributed by atoms with E-state index in [9.17, 15) is 23.1 Å². The van der Waals surface area contributed by atoms with Gasteiger partial charge in [0.2, 0.25) is 10.0 Å². The van der Waals surface area contributed by atoms with Gasteiger partial charge in [0.25, 0.3) is 5.91 Å². The predicted molar refractivity (Wildman–Crippen MR) is 97.0 cm³/mol. The number of aromatic hydroxyl groups is 1. The monoisotopic (exact) mass is 390 g/mol. The van der Waals surface area contributed by atoms with Crippen LogP contribution in [-0.4, -0.2) is 49.9 Å². The summed E-state index contributed by atoms with van der Waals surface area (Å²) in [6.45, 7) is 0. The van der Waals surface area contributed by atoms with Gasteiger partial charge in [-0.3, -0.25) is 4.79 Å². The zero-order valence-electron chi connectivity index (χ0n) is 14.7. The van der Waals surface area contributed by atoms with Crippen molar-refractivity contribution in [1.82, 2.24) is 4.31 Å². The first-order valence-electron chi connectivity index (χ1n) is 8.05. The highest BCUT2D eigenvalue weighted by Crippen LogP contribution is 2.28. The lowest BCUT2D eigenvalue weighted by atomic mass is 9.98. The SMILES string of the molecule is CN(C)S(=O)(=O)c1ccc(O)c(NC(=O)C2Cc3ccccc3C(=O)O2)c1. The van der Waals surface area contributed by atoms with Gasteiger partial charge in [-0.2, -0.15) is 0 Å². The number of carbonyl (C=O) groups excluding carboxylic acids is 2. The molecule has 142 valence electrons. The van der Waals surface area contributed by atoms with Crippen LogP contribution >= 0.6 is 0 Å². The molecule has 2 N–H and O–H groups in total. The summed E-state index contributed by atoms with van der Waals surface area (Å²) >= 11 is 0. The Kier molecular flexibility index (Phi) is 4.90. The molecule has 0 spiro atoms. The average molecular weight is 390 g/mol. The Morgan fingerprint density at radius 2 is 1.93 bits per heavy atom. The molecule has 1 heterocycles. The molecule has 0 bridgehead atoms. The molecule has 0 fully saturated rings. The van der Waals surface area contributed by atoms with Crippen molar-refractivity contribution in [3.8, 4) is 5.75 Å². The molecule has 1 atom stereocenters. The van der Waals surface area contributed by atoms with Crippen LogP contribution in [0.5, 0.6) is 5.75 Å². The number of sulfonamides is 1. The molecule has 0 saturated carbocycles. The van der Waals surface area contributed by atoms with Gasteiger partial charge in [0, 0.05) is 20.5 Å². The van der Waals surface area contributed by atoms with Gasteiger partial charge in [0.15, 0.2) is 6.10 Å². The van der Waals surface area contributed by atoms with Crippen molar-refractivity contribution in [2.45, 2.75) is 17.4 Å². The lowest BCUT2D eigenvalue weighted by Crippen LogP contribution is -2.38. The first kappa shape index (κ1) is 18.9. The normalized spacial score (nSPS) is 16.6. The molecule has 1 aliphatic rings. The Labute approximate surface area is 156 Å². The van der Waals surface area contributed by atoms with E-state index in [4.69, 9.17) is 4.74 Å². The summed E-state index contributed by atoms with van der Waals surface area (Å²) in [5, 5.41) is 12.4. The second-order valence-electron chi connectivity index (χ2n) is 6.21. The molecule has 1 amide bonds. The van der Waals surface area contributed by atoms with Crippen LogP contribution < -0.4 is 5.32 Å². The summed E-state index contributed by atoms with van der Waals surface area (Å²) in [5.74, 6) is -1.57. The van der Waals surface area contributed by atoms with Crippen LogP contribution in [0.25, 0.3) is 0 Å². The minimum atomic E-state index is -3.74. The minimum Gasteiger partial charge on any atom is -0.506 e. The number of phenols is 1. The Morgan fingerprint density at radius 3 is 2.63 bits per heavy atom. The number of rotatable bonds is 4. The minimum absolute atomic E-state index is 0.0853. The largest absolute Gasteiger partial charge is 0.506 e. The quantitative estimate of drug-likeness (QED) is 0.602. The number of hydrogen-bond donors (Lipinski definition) is 2. The molecule has 0 radical (unpaired) electrons. The summed E-state index contributed by atoms with van der Waals surface area (Å²) in [6.07, 6.45) is -0.898. The maximum absolute atomic E-state index is 12.5. The van der Waals surface area contributed by atoms with Gasteiger partial charge in [-0.15, -0.1) is 0 Å². The molecule has 0 aromatic heterocycles. The Balaban J connectivity index is 1.84. The van der Waals surface area contributed by atoms with Gasteiger partial charge in [-0.05, 0) is 29.8 Å². The van der Waals surface area contributed by atoms with Crippen molar-refractivity contribution in [1.29, 1.82) is 0 Å². The van der Waals surface area contributed by atoms with Crippen molar-refractivity contribution in [3.05, 3.63) is 53.6 Å². The topological polar surface area (TPSA) is 113 Å². The first-order valence-corrected chi connectivity index (χ1v) is 9.49. The predicted octanol–water partition coefficient (Wildman–Crippen LogP) is 1.36. The molecule has 8 nitrogen and oxygen atoms in total. The summed E-state index contributed by atoms with van der Waals surface area (Å²) in [7, 11) is -0.991. The maximum atomic E-state index is 12.5. The Hall–Kier alpha value is -2.91. The standard InChI is InChI=1S/C18H18N2O6S/c1-20(2)27(24,25)12-7-8-15(21)14(10-12)19-17(22)16-9-11-5-3-4-6-13(11)18(23)26-16/h3-8,10,16,21H,9H2,1-2H3,(H,19,22). The van der Waals surface area contributed by atoms with E-state index >= 15 is 0 Å². The fraction of sp³-hybridized carbons (Fsp3) is 0.222. The summed E-state index contributed by atoms with van der Waals surface area (Å²) in [4.78, 5) is 24.5. The van der Waals surface area contributed by atoms with E-state index in [1.165, 1.54) is 26.2 Å². The highest BCUT2D eigenvalue weighted by molar-refractivity contribution is 7.89. The fourth-order valence-corrected chi connectivity index (χ4v) is 3.61. The van der Waals surface area contributed by atoms with E-state index in [0.717, 1.165) is 10.4 Å². The van der Waals surface area contributed by atoms with E-state index in [1.54, 1.807) is 24.3 Å². The first-order chi connectivity index (χ1) is 12.7. The molecule has 2 aromatic rings. The highest BCUT2D eigenvalue weighted by atomic mass is 32.2. The van der Waals surface area contributed by atoms with Gasteiger partial charge in [0.1, 0.15) is 5.75 Å².